The molecule has 0 aliphatic carbocycles. The highest BCUT2D eigenvalue weighted by molar-refractivity contribution is 5.92. The molecule has 0 spiro atoms. The molecule has 5 nitrogen and oxygen atoms in total. The van der Waals surface area contributed by atoms with Crippen LogP contribution in [0.25, 0.3) is 5.69 Å². The second-order valence-corrected chi connectivity index (χ2v) is 4.40. The van der Waals surface area contributed by atoms with Crippen molar-refractivity contribution in [3.63, 3.8) is 0 Å². The number of amides is 1. The number of nitrogens with zero attached hydrogens (tertiary/aromatic N) is 2. The van der Waals surface area contributed by atoms with Gasteiger partial charge in [-0.25, -0.2) is 9.07 Å². The first-order valence-electron chi connectivity index (χ1n) is 6.33. The Morgan fingerprint density at radius 1 is 1.45 bits per heavy atom. The normalized spacial score (nSPS) is 10.6. The molecule has 1 aromatic heterocycles. The molecule has 6 heteroatoms. The number of hydrogen-bond donors (Lipinski definition) is 2. The van der Waals surface area contributed by atoms with Gasteiger partial charge in [-0.3, -0.25) is 4.79 Å². The first-order valence-corrected chi connectivity index (χ1v) is 6.33. The second-order valence-electron chi connectivity index (χ2n) is 4.40. The third kappa shape index (κ3) is 3.21. The summed E-state index contributed by atoms with van der Waals surface area (Å²) in [5, 5.41) is 15.5. The molecule has 0 atom stereocenters. The highest BCUT2D eigenvalue weighted by Gasteiger charge is 2.13. The Hall–Kier alpha value is -2.21. The van der Waals surface area contributed by atoms with Crippen LogP contribution in [0.5, 0.6) is 0 Å². The van der Waals surface area contributed by atoms with Crippen LogP contribution in [0.3, 0.4) is 0 Å². The molecule has 0 unspecified atom stereocenters. The maximum atomic E-state index is 13.2. The summed E-state index contributed by atoms with van der Waals surface area (Å²) in [6.45, 7) is 2.21. The van der Waals surface area contributed by atoms with E-state index in [4.69, 9.17) is 5.11 Å². The lowest BCUT2D eigenvalue weighted by atomic mass is 10.3. The lowest BCUT2D eigenvalue weighted by Gasteiger charge is -2.04. The Bertz CT molecular complexity index is 610. The monoisotopic (exact) mass is 277 g/mol. The molecular formula is C14H16FN3O2. The van der Waals surface area contributed by atoms with E-state index in [9.17, 15) is 9.18 Å². The van der Waals surface area contributed by atoms with E-state index < -0.39 is 0 Å². The van der Waals surface area contributed by atoms with Gasteiger partial charge in [0.1, 0.15) is 5.82 Å². The molecular weight excluding hydrogens is 261 g/mol. The minimum absolute atomic E-state index is 0.0248. The van der Waals surface area contributed by atoms with Crippen molar-refractivity contribution in [1.29, 1.82) is 0 Å². The van der Waals surface area contributed by atoms with Crippen LogP contribution in [0.1, 0.15) is 22.6 Å². The largest absolute Gasteiger partial charge is 0.396 e. The number of aliphatic hydroxyl groups is 1. The molecule has 0 radical (unpaired) electrons. The highest BCUT2D eigenvalue weighted by Crippen LogP contribution is 2.13. The first kappa shape index (κ1) is 14.2. The van der Waals surface area contributed by atoms with E-state index >= 15 is 0 Å². The van der Waals surface area contributed by atoms with Gasteiger partial charge in [0.15, 0.2) is 5.69 Å². The van der Waals surface area contributed by atoms with Gasteiger partial charge in [0.2, 0.25) is 0 Å². The fraction of sp³-hybridized carbons (Fsp3) is 0.286. The summed E-state index contributed by atoms with van der Waals surface area (Å²) in [4.78, 5) is 11.8. The summed E-state index contributed by atoms with van der Waals surface area (Å²) < 4.78 is 14.7. The highest BCUT2D eigenvalue weighted by atomic mass is 19.1. The quantitative estimate of drug-likeness (QED) is 0.812. The number of aliphatic hydroxyl groups excluding tert-OH is 1. The standard InChI is InChI=1S/C14H16FN3O2/c1-10-8-13(14(20)16-6-3-7-19)17-18(10)12-5-2-4-11(15)9-12/h2,4-5,8-9,19H,3,6-7H2,1H3,(H,16,20). The van der Waals surface area contributed by atoms with Gasteiger partial charge in [-0.1, -0.05) is 6.07 Å². The van der Waals surface area contributed by atoms with E-state index in [0.717, 1.165) is 5.69 Å². The van der Waals surface area contributed by atoms with Crippen molar-refractivity contribution in [2.24, 2.45) is 0 Å². The first-order chi connectivity index (χ1) is 9.61. The Labute approximate surface area is 116 Å². The molecule has 2 N–H and O–H groups in total. The number of nitrogens with one attached hydrogen (secondary N) is 1. The summed E-state index contributed by atoms with van der Waals surface area (Å²) in [6, 6.07) is 7.65. The van der Waals surface area contributed by atoms with Crippen LogP contribution in [0, 0.1) is 12.7 Å². The number of carbonyl (C=O) groups excluding carboxylic acids is 1. The predicted octanol–water partition coefficient (Wildman–Crippen LogP) is 1.43. The van der Waals surface area contributed by atoms with Gasteiger partial charge in [0.25, 0.3) is 5.91 Å². The van der Waals surface area contributed by atoms with Gasteiger partial charge in [-0.05, 0) is 37.6 Å². The number of hydrogen-bond acceptors (Lipinski definition) is 3. The zero-order chi connectivity index (χ0) is 14.5. The van der Waals surface area contributed by atoms with E-state index in [1.54, 1.807) is 25.1 Å². The molecule has 0 fully saturated rings. The Balaban J connectivity index is 2.19. The van der Waals surface area contributed by atoms with Crippen LogP contribution in [0.4, 0.5) is 4.39 Å². The number of aromatic nitrogens is 2. The number of halogens is 1. The molecule has 1 amide bonds. The average Bonchev–Trinajstić information content (AvgIpc) is 2.81. The molecule has 0 saturated heterocycles. The van der Waals surface area contributed by atoms with Crippen molar-refractivity contribution in [1.82, 2.24) is 15.1 Å². The summed E-state index contributed by atoms with van der Waals surface area (Å²) in [7, 11) is 0. The van der Waals surface area contributed by atoms with E-state index in [2.05, 4.69) is 10.4 Å². The number of benzene rings is 1. The van der Waals surface area contributed by atoms with Crippen molar-refractivity contribution in [2.75, 3.05) is 13.2 Å². The maximum absolute atomic E-state index is 13.2. The van der Waals surface area contributed by atoms with Crippen molar-refractivity contribution in [3.8, 4) is 5.69 Å². The van der Waals surface area contributed by atoms with Crippen LogP contribution in [-0.4, -0.2) is 33.9 Å². The number of carbonyl (C=O) groups is 1. The molecule has 0 bridgehead atoms. The molecule has 1 heterocycles. The third-order valence-corrected chi connectivity index (χ3v) is 2.79. The predicted molar refractivity (Wildman–Crippen MR) is 72.3 cm³/mol. The topological polar surface area (TPSA) is 67.2 Å². The van der Waals surface area contributed by atoms with Crippen molar-refractivity contribution < 1.29 is 14.3 Å². The van der Waals surface area contributed by atoms with E-state index in [1.165, 1.54) is 16.8 Å². The molecule has 2 rings (SSSR count). The summed E-state index contributed by atoms with van der Waals surface area (Å²) in [5.41, 5.74) is 1.57. The summed E-state index contributed by atoms with van der Waals surface area (Å²) >= 11 is 0. The van der Waals surface area contributed by atoms with Crippen LogP contribution >= 0.6 is 0 Å². The maximum Gasteiger partial charge on any atom is 0.271 e. The zero-order valence-corrected chi connectivity index (χ0v) is 11.1. The second kappa shape index (κ2) is 6.29. The minimum Gasteiger partial charge on any atom is -0.396 e. The fourth-order valence-corrected chi connectivity index (χ4v) is 1.83. The summed E-state index contributed by atoms with van der Waals surface area (Å²) in [6.07, 6.45) is 0.495. The molecule has 0 aliphatic rings. The van der Waals surface area contributed by atoms with Gasteiger partial charge in [-0.2, -0.15) is 5.10 Å². The third-order valence-electron chi connectivity index (χ3n) is 2.79. The zero-order valence-electron chi connectivity index (χ0n) is 11.1. The smallest absolute Gasteiger partial charge is 0.271 e. The van der Waals surface area contributed by atoms with Gasteiger partial charge >= 0.3 is 0 Å². The van der Waals surface area contributed by atoms with E-state index in [0.29, 0.717) is 18.7 Å². The average molecular weight is 277 g/mol. The van der Waals surface area contributed by atoms with E-state index in [-0.39, 0.29) is 24.0 Å². The van der Waals surface area contributed by atoms with Crippen molar-refractivity contribution >= 4 is 5.91 Å². The fourth-order valence-electron chi connectivity index (χ4n) is 1.83. The SMILES string of the molecule is Cc1cc(C(=O)NCCCO)nn1-c1cccc(F)c1. The number of rotatable bonds is 5. The van der Waals surface area contributed by atoms with Gasteiger partial charge in [0.05, 0.1) is 5.69 Å². The Kier molecular flexibility index (Phi) is 4.47. The lowest BCUT2D eigenvalue weighted by molar-refractivity contribution is 0.0945. The Morgan fingerprint density at radius 3 is 2.95 bits per heavy atom. The van der Waals surface area contributed by atoms with Crippen molar-refractivity contribution in [2.45, 2.75) is 13.3 Å². The van der Waals surface area contributed by atoms with Crippen LogP contribution in [0.15, 0.2) is 30.3 Å². The summed E-state index contributed by atoms with van der Waals surface area (Å²) in [5.74, 6) is -0.664. The van der Waals surface area contributed by atoms with Gasteiger partial charge < -0.3 is 10.4 Å². The van der Waals surface area contributed by atoms with Crippen LogP contribution in [-0.2, 0) is 0 Å². The minimum atomic E-state index is -0.355. The van der Waals surface area contributed by atoms with Crippen LogP contribution < -0.4 is 5.32 Å². The molecule has 106 valence electrons. The van der Waals surface area contributed by atoms with Gasteiger partial charge in [-0.15, -0.1) is 0 Å². The van der Waals surface area contributed by atoms with Crippen LogP contribution in [0.2, 0.25) is 0 Å². The van der Waals surface area contributed by atoms with Crippen molar-refractivity contribution in [3.05, 3.63) is 47.5 Å². The van der Waals surface area contributed by atoms with E-state index in [1.807, 2.05) is 0 Å². The molecule has 0 aliphatic heterocycles. The molecule has 2 aromatic rings. The lowest BCUT2D eigenvalue weighted by Crippen LogP contribution is -2.25. The van der Waals surface area contributed by atoms with Gasteiger partial charge in [0, 0.05) is 18.8 Å². The molecule has 20 heavy (non-hydrogen) atoms. The molecule has 1 aromatic carbocycles. The Morgan fingerprint density at radius 2 is 2.25 bits per heavy atom. The molecule has 0 saturated carbocycles. The number of aryl methyl sites for hydroxylation is 1.